The minimum Gasteiger partial charge on any atom is -0.497 e. The Balaban J connectivity index is 1.83. The number of fused-ring (bicyclic) bond motifs is 3. The third kappa shape index (κ3) is 2.41. The second-order valence-electron chi connectivity index (χ2n) is 7.48. The minimum atomic E-state index is -0.623. The molecule has 2 aliphatic rings. The molecule has 1 amide bonds. The highest BCUT2D eigenvalue weighted by Gasteiger charge is 2.59. The quantitative estimate of drug-likeness (QED) is 0.904. The van der Waals surface area contributed by atoms with Crippen LogP contribution in [-0.4, -0.2) is 32.3 Å². The SMILES string of the molecule is COc1ccc(OC)c(/C=C/[C@@]23NC(=O)CN2c2ccccc2C3(C)C)c1. The molecule has 4 rings (SSSR count). The lowest BCUT2D eigenvalue weighted by Gasteiger charge is -2.40. The third-order valence-electron chi connectivity index (χ3n) is 5.82. The zero-order valence-electron chi connectivity index (χ0n) is 16.1. The summed E-state index contributed by atoms with van der Waals surface area (Å²) in [5.74, 6) is 1.54. The molecule has 27 heavy (non-hydrogen) atoms. The van der Waals surface area contributed by atoms with E-state index >= 15 is 0 Å². The van der Waals surface area contributed by atoms with Crippen molar-refractivity contribution in [3.8, 4) is 11.5 Å². The number of amides is 1. The summed E-state index contributed by atoms with van der Waals surface area (Å²) in [5.41, 5.74) is 2.31. The molecule has 0 saturated carbocycles. The van der Waals surface area contributed by atoms with Gasteiger partial charge in [0.05, 0.1) is 20.8 Å². The smallest absolute Gasteiger partial charge is 0.241 e. The normalized spacial score (nSPS) is 22.5. The van der Waals surface area contributed by atoms with Gasteiger partial charge in [-0.25, -0.2) is 0 Å². The van der Waals surface area contributed by atoms with Gasteiger partial charge in [-0.2, -0.15) is 0 Å². The van der Waals surface area contributed by atoms with Gasteiger partial charge in [0.15, 0.2) is 0 Å². The molecule has 2 aromatic rings. The lowest BCUT2D eigenvalue weighted by atomic mass is 9.75. The number of rotatable bonds is 4. The number of nitrogens with one attached hydrogen (secondary N) is 1. The lowest BCUT2D eigenvalue weighted by molar-refractivity contribution is -0.118. The number of hydrogen-bond donors (Lipinski definition) is 1. The van der Waals surface area contributed by atoms with Crippen molar-refractivity contribution in [2.45, 2.75) is 24.9 Å². The lowest BCUT2D eigenvalue weighted by Crippen LogP contribution is -2.58. The Morgan fingerprint density at radius 3 is 2.63 bits per heavy atom. The average molecular weight is 364 g/mol. The molecule has 0 aliphatic carbocycles. The van der Waals surface area contributed by atoms with Crippen LogP contribution in [0.5, 0.6) is 11.5 Å². The van der Waals surface area contributed by atoms with E-state index in [0.717, 1.165) is 22.7 Å². The van der Waals surface area contributed by atoms with E-state index in [-0.39, 0.29) is 11.3 Å². The largest absolute Gasteiger partial charge is 0.497 e. The maximum absolute atomic E-state index is 12.4. The summed E-state index contributed by atoms with van der Waals surface area (Å²) < 4.78 is 10.8. The fraction of sp³-hybridized carbons (Fsp3) is 0.318. The number of nitrogens with zero attached hydrogens (tertiary/aromatic N) is 1. The zero-order valence-corrected chi connectivity index (χ0v) is 16.1. The van der Waals surface area contributed by atoms with E-state index in [4.69, 9.17) is 9.47 Å². The van der Waals surface area contributed by atoms with Gasteiger partial charge in [-0.3, -0.25) is 4.79 Å². The molecule has 5 heteroatoms. The van der Waals surface area contributed by atoms with Crippen LogP contribution >= 0.6 is 0 Å². The monoisotopic (exact) mass is 364 g/mol. The number of anilines is 1. The fourth-order valence-electron chi connectivity index (χ4n) is 4.32. The number of ether oxygens (including phenoxy) is 2. The fourth-order valence-corrected chi connectivity index (χ4v) is 4.32. The van der Waals surface area contributed by atoms with Crippen LogP contribution in [0.25, 0.3) is 6.08 Å². The molecule has 2 heterocycles. The molecule has 1 fully saturated rings. The van der Waals surface area contributed by atoms with Crippen LogP contribution in [0.1, 0.15) is 25.0 Å². The standard InChI is InChI=1S/C22H24N2O3/c1-21(2)17-7-5-6-8-18(17)24-14-20(25)23-22(21,24)12-11-15-13-16(26-3)9-10-19(15)27-4/h5-13H,14H2,1-4H3,(H,23,25)/b12-11+/t22-/m1/s1. The Labute approximate surface area is 159 Å². The summed E-state index contributed by atoms with van der Waals surface area (Å²) in [6, 6.07) is 14.0. The first-order valence-electron chi connectivity index (χ1n) is 9.02. The summed E-state index contributed by atoms with van der Waals surface area (Å²) in [6.07, 6.45) is 4.09. The van der Waals surface area contributed by atoms with Gasteiger partial charge in [0, 0.05) is 16.7 Å². The number of benzene rings is 2. The van der Waals surface area contributed by atoms with Gasteiger partial charge in [0.2, 0.25) is 5.91 Å². The number of carbonyl (C=O) groups excluding carboxylic acids is 1. The molecular weight excluding hydrogens is 340 g/mol. The Hall–Kier alpha value is -2.95. The number of hydrogen-bond acceptors (Lipinski definition) is 4. The van der Waals surface area contributed by atoms with Gasteiger partial charge >= 0.3 is 0 Å². The van der Waals surface area contributed by atoms with Crippen molar-refractivity contribution in [1.82, 2.24) is 5.32 Å². The molecule has 2 aromatic carbocycles. The van der Waals surface area contributed by atoms with Crippen molar-refractivity contribution in [3.05, 3.63) is 59.7 Å². The highest BCUT2D eigenvalue weighted by atomic mass is 16.5. The maximum Gasteiger partial charge on any atom is 0.241 e. The molecule has 0 bridgehead atoms. The summed E-state index contributed by atoms with van der Waals surface area (Å²) in [6.45, 7) is 4.69. The van der Waals surface area contributed by atoms with Crippen LogP contribution in [-0.2, 0) is 10.2 Å². The van der Waals surface area contributed by atoms with Gasteiger partial charge < -0.3 is 19.7 Å². The first-order valence-corrected chi connectivity index (χ1v) is 9.02. The van der Waals surface area contributed by atoms with Crippen molar-refractivity contribution in [3.63, 3.8) is 0 Å². The first kappa shape index (κ1) is 17.5. The molecule has 0 radical (unpaired) electrons. The predicted molar refractivity (Wildman–Crippen MR) is 106 cm³/mol. The van der Waals surface area contributed by atoms with Crippen LogP contribution in [0.3, 0.4) is 0 Å². The maximum atomic E-state index is 12.4. The summed E-state index contributed by atoms with van der Waals surface area (Å²) >= 11 is 0. The van der Waals surface area contributed by atoms with E-state index < -0.39 is 5.66 Å². The van der Waals surface area contributed by atoms with Crippen LogP contribution < -0.4 is 19.7 Å². The highest BCUT2D eigenvalue weighted by molar-refractivity contribution is 5.91. The van der Waals surface area contributed by atoms with E-state index in [0.29, 0.717) is 6.54 Å². The minimum absolute atomic E-state index is 0.0276. The Morgan fingerprint density at radius 1 is 1.11 bits per heavy atom. The number of para-hydroxylation sites is 1. The second-order valence-corrected chi connectivity index (χ2v) is 7.48. The molecule has 0 aromatic heterocycles. The molecule has 1 saturated heterocycles. The van der Waals surface area contributed by atoms with E-state index in [1.54, 1.807) is 14.2 Å². The Morgan fingerprint density at radius 2 is 1.89 bits per heavy atom. The van der Waals surface area contributed by atoms with Gasteiger partial charge in [-0.1, -0.05) is 38.1 Å². The number of carbonyl (C=O) groups is 1. The van der Waals surface area contributed by atoms with Crippen molar-refractivity contribution >= 4 is 17.7 Å². The number of methoxy groups -OCH3 is 2. The van der Waals surface area contributed by atoms with Crippen LogP contribution in [0.4, 0.5) is 5.69 Å². The highest BCUT2D eigenvalue weighted by Crippen LogP contribution is 2.52. The molecule has 5 nitrogen and oxygen atoms in total. The van der Waals surface area contributed by atoms with Crippen molar-refractivity contribution in [2.24, 2.45) is 0 Å². The second kappa shape index (κ2) is 6.05. The van der Waals surface area contributed by atoms with E-state index in [2.05, 4.69) is 42.3 Å². The van der Waals surface area contributed by atoms with E-state index in [9.17, 15) is 4.79 Å². The van der Waals surface area contributed by atoms with Crippen molar-refractivity contribution in [2.75, 3.05) is 25.7 Å². The van der Waals surface area contributed by atoms with Crippen LogP contribution in [0.15, 0.2) is 48.5 Å². The molecule has 0 spiro atoms. The first-order chi connectivity index (χ1) is 12.9. The van der Waals surface area contributed by atoms with Crippen LogP contribution in [0, 0.1) is 0 Å². The van der Waals surface area contributed by atoms with Crippen LogP contribution in [0.2, 0.25) is 0 Å². The Kier molecular flexibility index (Phi) is 3.91. The summed E-state index contributed by atoms with van der Waals surface area (Å²) in [4.78, 5) is 14.5. The van der Waals surface area contributed by atoms with Gasteiger partial charge in [0.25, 0.3) is 0 Å². The third-order valence-corrected chi connectivity index (χ3v) is 5.82. The summed E-state index contributed by atoms with van der Waals surface area (Å²) in [5, 5.41) is 3.23. The molecule has 2 aliphatic heterocycles. The van der Waals surface area contributed by atoms with Crippen molar-refractivity contribution in [1.29, 1.82) is 0 Å². The van der Waals surface area contributed by atoms with Crippen molar-refractivity contribution < 1.29 is 14.3 Å². The van der Waals surface area contributed by atoms with Gasteiger partial charge in [-0.15, -0.1) is 0 Å². The molecule has 1 atom stereocenters. The van der Waals surface area contributed by atoms with Gasteiger partial charge in [-0.05, 0) is 35.9 Å². The predicted octanol–water partition coefficient (Wildman–Crippen LogP) is 3.34. The molecular formula is C22H24N2O3. The topological polar surface area (TPSA) is 50.8 Å². The molecule has 0 unspecified atom stereocenters. The van der Waals surface area contributed by atoms with Gasteiger partial charge in [0.1, 0.15) is 17.2 Å². The molecule has 140 valence electrons. The molecule has 1 N–H and O–H groups in total. The average Bonchev–Trinajstić information content (AvgIpc) is 3.11. The summed E-state index contributed by atoms with van der Waals surface area (Å²) in [7, 11) is 3.29. The Bertz CT molecular complexity index is 935. The van der Waals surface area contributed by atoms with E-state index in [1.807, 2.05) is 36.4 Å². The zero-order chi connectivity index (χ0) is 19.2. The van der Waals surface area contributed by atoms with E-state index in [1.165, 1.54) is 5.56 Å².